The van der Waals surface area contributed by atoms with E-state index in [2.05, 4.69) is 10.3 Å². The van der Waals surface area contributed by atoms with Crippen LogP contribution in [0.4, 0.5) is 5.82 Å². The molecule has 1 atom stereocenters. The summed E-state index contributed by atoms with van der Waals surface area (Å²) in [5, 5.41) is 23.6. The van der Waals surface area contributed by atoms with Gasteiger partial charge in [0.2, 0.25) is 0 Å². The molecule has 1 aromatic heterocycles. The Morgan fingerprint density at radius 2 is 1.97 bits per heavy atom. The standard InChI is InChI=1S/C25H28N2O6.H2O/c28-20-9-2-1-8-18-16-19(32-15-7-13-27-23-11-3-5-12-26-23)17-22(30)24(18)25(31)33-14-6-4-10-21(20)29;/h1,3-5,8,10-12,16-17,20,28,30H,2,6-7,9,13-15H2,(H,26,27);1H2/b8-1+,10-4-;/t20-;/m0./s1. The molecule has 34 heavy (non-hydrogen) atoms. The number of pyridine rings is 1. The molecule has 0 spiro atoms. The van der Waals surface area contributed by atoms with E-state index < -0.39 is 12.1 Å². The third-order valence-electron chi connectivity index (χ3n) is 4.92. The third-order valence-corrected chi connectivity index (χ3v) is 4.92. The molecule has 5 N–H and O–H groups in total. The van der Waals surface area contributed by atoms with Gasteiger partial charge in [-0.05, 0) is 55.5 Å². The molecular formula is C25H30N2O7. The summed E-state index contributed by atoms with van der Waals surface area (Å²) in [7, 11) is 0. The number of aromatic hydroxyl groups is 1. The second-order valence-corrected chi connectivity index (χ2v) is 7.48. The van der Waals surface area contributed by atoms with Gasteiger partial charge in [-0.15, -0.1) is 0 Å². The van der Waals surface area contributed by atoms with Gasteiger partial charge in [-0.25, -0.2) is 9.78 Å². The molecule has 2 heterocycles. The Balaban J connectivity index is 0.00000408. The van der Waals surface area contributed by atoms with Crippen LogP contribution >= 0.6 is 0 Å². The summed E-state index contributed by atoms with van der Waals surface area (Å²) in [5.74, 6) is -0.0667. The number of aliphatic hydroxyl groups is 1. The maximum Gasteiger partial charge on any atom is 0.342 e. The van der Waals surface area contributed by atoms with Crippen molar-refractivity contribution in [2.24, 2.45) is 0 Å². The molecule has 0 fully saturated rings. The molecule has 0 unspecified atom stereocenters. The summed E-state index contributed by atoms with van der Waals surface area (Å²) in [4.78, 5) is 28.6. The largest absolute Gasteiger partial charge is 0.507 e. The van der Waals surface area contributed by atoms with Crippen LogP contribution in [0, 0.1) is 0 Å². The number of allylic oxidation sites excluding steroid dienone is 1. The number of aromatic nitrogens is 1. The highest BCUT2D eigenvalue weighted by Crippen LogP contribution is 2.30. The zero-order valence-corrected chi connectivity index (χ0v) is 18.8. The average Bonchev–Trinajstić information content (AvgIpc) is 2.81. The van der Waals surface area contributed by atoms with Gasteiger partial charge in [0, 0.05) is 18.8 Å². The van der Waals surface area contributed by atoms with Crippen molar-refractivity contribution < 1.29 is 34.8 Å². The Hall–Kier alpha value is -3.69. The van der Waals surface area contributed by atoms with Crippen molar-refractivity contribution in [1.82, 2.24) is 4.98 Å². The Bertz CT molecular complexity index is 1010. The van der Waals surface area contributed by atoms with Gasteiger partial charge in [-0.2, -0.15) is 0 Å². The van der Waals surface area contributed by atoms with Crippen LogP contribution in [0.25, 0.3) is 6.08 Å². The number of hydrogen-bond acceptors (Lipinski definition) is 8. The summed E-state index contributed by atoms with van der Waals surface area (Å²) in [6.45, 7) is 1.10. The summed E-state index contributed by atoms with van der Waals surface area (Å²) < 4.78 is 11.0. The number of anilines is 1. The van der Waals surface area contributed by atoms with Crippen molar-refractivity contribution in [3.8, 4) is 11.5 Å². The van der Waals surface area contributed by atoms with E-state index in [0.717, 1.165) is 5.82 Å². The summed E-state index contributed by atoms with van der Waals surface area (Å²) >= 11 is 0. The number of hydrogen-bond donors (Lipinski definition) is 3. The number of carbonyl (C=O) groups excluding carboxylic acids is 2. The predicted molar refractivity (Wildman–Crippen MR) is 128 cm³/mol. The monoisotopic (exact) mass is 470 g/mol. The lowest BCUT2D eigenvalue weighted by molar-refractivity contribution is -0.122. The predicted octanol–water partition coefficient (Wildman–Crippen LogP) is 2.68. The minimum absolute atomic E-state index is 0. The molecule has 0 radical (unpaired) electrons. The van der Waals surface area contributed by atoms with Crippen molar-refractivity contribution in [2.75, 3.05) is 25.1 Å². The van der Waals surface area contributed by atoms with Crippen LogP contribution in [0.5, 0.6) is 11.5 Å². The molecule has 182 valence electrons. The smallest absolute Gasteiger partial charge is 0.342 e. The zero-order chi connectivity index (χ0) is 23.5. The van der Waals surface area contributed by atoms with Crippen LogP contribution in [0.15, 0.2) is 54.8 Å². The number of aliphatic hydroxyl groups excluding tert-OH is 1. The Morgan fingerprint density at radius 3 is 2.76 bits per heavy atom. The van der Waals surface area contributed by atoms with Gasteiger partial charge in [0.25, 0.3) is 0 Å². The first kappa shape index (κ1) is 26.6. The lowest BCUT2D eigenvalue weighted by Crippen LogP contribution is -2.17. The summed E-state index contributed by atoms with van der Waals surface area (Å²) in [5.41, 5.74) is 0.489. The second-order valence-electron chi connectivity index (χ2n) is 7.48. The highest BCUT2D eigenvalue weighted by molar-refractivity contribution is 5.97. The minimum atomic E-state index is -1.08. The number of phenols is 1. The zero-order valence-electron chi connectivity index (χ0n) is 18.8. The van der Waals surface area contributed by atoms with Crippen LogP contribution in [-0.2, 0) is 9.53 Å². The number of rotatable bonds is 6. The number of carbonyl (C=O) groups is 2. The van der Waals surface area contributed by atoms with Gasteiger partial charge >= 0.3 is 5.97 Å². The van der Waals surface area contributed by atoms with Gasteiger partial charge in [0.1, 0.15) is 29.0 Å². The van der Waals surface area contributed by atoms with E-state index in [1.165, 1.54) is 12.1 Å². The van der Waals surface area contributed by atoms with Crippen molar-refractivity contribution in [3.05, 3.63) is 65.9 Å². The second kappa shape index (κ2) is 13.8. The number of nitrogens with zero attached hydrogens (tertiary/aromatic N) is 1. The number of benzene rings is 1. The molecule has 0 saturated heterocycles. The van der Waals surface area contributed by atoms with Crippen LogP contribution < -0.4 is 10.1 Å². The fraction of sp³-hybridized carbons (Fsp3) is 0.320. The lowest BCUT2D eigenvalue weighted by atomic mass is 10.0. The number of ketones is 1. The van der Waals surface area contributed by atoms with E-state index in [0.29, 0.717) is 43.7 Å². The van der Waals surface area contributed by atoms with Crippen LogP contribution in [-0.4, -0.2) is 58.3 Å². The SMILES string of the molecule is O.O=C1OCC/C=C\C(=O)[C@@H](O)CC/C=C/c2cc(OCCCNc3ccccn3)cc(O)c21. The molecule has 0 bridgehead atoms. The van der Waals surface area contributed by atoms with Crippen molar-refractivity contribution in [3.63, 3.8) is 0 Å². The van der Waals surface area contributed by atoms with E-state index in [4.69, 9.17) is 9.47 Å². The molecule has 2 aromatic rings. The van der Waals surface area contributed by atoms with Gasteiger partial charge in [-0.1, -0.05) is 24.3 Å². The number of esters is 1. The van der Waals surface area contributed by atoms with E-state index in [9.17, 15) is 19.8 Å². The van der Waals surface area contributed by atoms with Crippen molar-refractivity contribution in [1.29, 1.82) is 0 Å². The van der Waals surface area contributed by atoms with E-state index in [1.807, 2.05) is 18.2 Å². The Labute approximate surface area is 198 Å². The van der Waals surface area contributed by atoms with Crippen molar-refractivity contribution >= 4 is 23.6 Å². The fourth-order valence-corrected chi connectivity index (χ4v) is 3.21. The number of phenolic OH excluding ortho intramolecular Hbond substituents is 1. The minimum Gasteiger partial charge on any atom is -0.507 e. The molecule has 1 aliphatic rings. The van der Waals surface area contributed by atoms with Crippen LogP contribution in [0.3, 0.4) is 0 Å². The number of cyclic esters (lactones) is 1. The topological polar surface area (TPSA) is 149 Å². The highest BCUT2D eigenvalue weighted by atomic mass is 16.5. The number of ether oxygens (including phenoxy) is 2. The molecule has 1 aromatic carbocycles. The molecule has 1 aliphatic heterocycles. The van der Waals surface area contributed by atoms with E-state index in [-0.39, 0.29) is 35.6 Å². The molecule has 0 saturated carbocycles. The molecule has 9 heteroatoms. The maximum absolute atomic E-state index is 12.6. The summed E-state index contributed by atoms with van der Waals surface area (Å²) in [6.07, 6.45) is 8.57. The molecule has 0 amide bonds. The Kier molecular flexibility index (Phi) is 10.8. The molecule has 0 aliphatic carbocycles. The van der Waals surface area contributed by atoms with Crippen LogP contribution in [0.2, 0.25) is 0 Å². The molecule has 3 rings (SSSR count). The fourth-order valence-electron chi connectivity index (χ4n) is 3.21. The molecular weight excluding hydrogens is 440 g/mol. The normalized spacial score (nSPS) is 18.4. The van der Waals surface area contributed by atoms with E-state index in [1.54, 1.807) is 30.5 Å². The summed E-state index contributed by atoms with van der Waals surface area (Å²) in [6, 6.07) is 8.68. The van der Waals surface area contributed by atoms with Gasteiger partial charge in [0.15, 0.2) is 5.78 Å². The van der Waals surface area contributed by atoms with Gasteiger partial charge in [0.05, 0.1) is 13.2 Å². The van der Waals surface area contributed by atoms with E-state index >= 15 is 0 Å². The van der Waals surface area contributed by atoms with Crippen molar-refractivity contribution in [2.45, 2.75) is 31.8 Å². The first-order chi connectivity index (χ1) is 16.0. The third kappa shape index (κ3) is 8.02. The number of fused-ring (bicyclic) bond motifs is 1. The first-order valence-electron chi connectivity index (χ1n) is 10.9. The molecule has 9 nitrogen and oxygen atoms in total. The average molecular weight is 471 g/mol. The van der Waals surface area contributed by atoms with Gasteiger partial charge < -0.3 is 30.5 Å². The highest BCUT2D eigenvalue weighted by Gasteiger charge is 2.19. The van der Waals surface area contributed by atoms with Gasteiger partial charge in [-0.3, -0.25) is 4.79 Å². The maximum atomic E-state index is 12.6. The Morgan fingerprint density at radius 1 is 1.15 bits per heavy atom. The van der Waals surface area contributed by atoms with Crippen LogP contribution in [0.1, 0.15) is 41.6 Å². The first-order valence-corrected chi connectivity index (χ1v) is 10.9. The quantitative estimate of drug-likeness (QED) is 0.431. The number of nitrogens with one attached hydrogen (secondary N) is 1. The lowest BCUT2D eigenvalue weighted by Gasteiger charge is -2.13.